The molecule has 1 aliphatic heterocycles. The second-order valence-corrected chi connectivity index (χ2v) is 3.24. The summed E-state index contributed by atoms with van der Waals surface area (Å²) < 4.78 is 0. The SMILES string of the molecule is O=C1CCN(CCCCCl)C1=O. The molecule has 0 N–H and O–H groups in total. The van der Waals surface area contributed by atoms with Crippen LogP contribution < -0.4 is 0 Å². The molecule has 12 heavy (non-hydrogen) atoms. The van der Waals surface area contributed by atoms with Gasteiger partial charge in [-0.25, -0.2) is 0 Å². The van der Waals surface area contributed by atoms with Crippen molar-refractivity contribution in [2.45, 2.75) is 19.3 Å². The van der Waals surface area contributed by atoms with E-state index in [9.17, 15) is 9.59 Å². The summed E-state index contributed by atoms with van der Waals surface area (Å²) >= 11 is 5.48. The predicted molar refractivity (Wildman–Crippen MR) is 46.2 cm³/mol. The fourth-order valence-electron chi connectivity index (χ4n) is 1.23. The van der Waals surface area contributed by atoms with Gasteiger partial charge in [0.15, 0.2) is 0 Å². The number of halogens is 1. The van der Waals surface area contributed by atoms with Gasteiger partial charge in [-0.2, -0.15) is 0 Å². The molecule has 1 heterocycles. The van der Waals surface area contributed by atoms with Crippen molar-refractivity contribution in [2.75, 3.05) is 19.0 Å². The minimum absolute atomic E-state index is 0.249. The van der Waals surface area contributed by atoms with Crippen molar-refractivity contribution in [1.82, 2.24) is 4.90 Å². The fourth-order valence-corrected chi connectivity index (χ4v) is 1.42. The lowest BCUT2D eigenvalue weighted by Gasteiger charge is -2.12. The van der Waals surface area contributed by atoms with Crippen molar-refractivity contribution >= 4 is 23.3 Å². The monoisotopic (exact) mass is 189 g/mol. The summed E-state index contributed by atoms with van der Waals surface area (Å²) in [4.78, 5) is 23.4. The number of carbonyl (C=O) groups excluding carboxylic acids is 2. The van der Waals surface area contributed by atoms with E-state index >= 15 is 0 Å². The maximum absolute atomic E-state index is 11.0. The number of likely N-dealkylation sites (tertiary alicyclic amines) is 1. The Morgan fingerprint density at radius 1 is 1.33 bits per heavy atom. The topological polar surface area (TPSA) is 37.4 Å². The molecule has 1 fully saturated rings. The number of amides is 1. The Kier molecular flexibility index (Phi) is 3.53. The van der Waals surface area contributed by atoms with E-state index in [1.54, 1.807) is 4.90 Å². The molecular formula is C8H12ClNO2. The Bertz CT molecular complexity index is 193. The highest BCUT2D eigenvalue weighted by molar-refractivity contribution is 6.37. The normalized spacial score (nSPS) is 17.6. The zero-order valence-electron chi connectivity index (χ0n) is 6.88. The molecule has 1 amide bonds. The van der Waals surface area contributed by atoms with E-state index in [0.29, 0.717) is 25.4 Å². The van der Waals surface area contributed by atoms with Gasteiger partial charge in [-0.1, -0.05) is 0 Å². The van der Waals surface area contributed by atoms with Crippen LogP contribution in [0.3, 0.4) is 0 Å². The van der Waals surface area contributed by atoms with Crippen molar-refractivity contribution < 1.29 is 9.59 Å². The minimum atomic E-state index is -0.315. The zero-order valence-corrected chi connectivity index (χ0v) is 7.64. The van der Waals surface area contributed by atoms with Gasteiger partial charge in [-0.3, -0.25) is 9.59 Å². The second kappa shape index (κ2) is 4.45. The van der Waals surface area contributed by atoms with Gasteiger partial charge in [0.1, 0.15) is 0 Å². The Balaban J connectivity index is 2.25. The summed E-state index contributed by atoms with van der Waals surface area (Å²) in [6.45, 7) is 1.28. The van der Waals surface area contributed by atoms with E-state index in [1.807, 2.05) is 0 Å². The number of Topliss-reactive ketones (excluding diaryl/α,β-unsaturated/α-hetero) is 1. The van der Waals surface area contributed by atoms with Crippen molar-refractivity contribution in [2.24, 2.45) is 0 Å². The Morgan fingerprint density at radius 3 is 2.58 bits per heavy atom. The minimum Gasteiger partial charge on any atom is -0.336 e. The van der Waals surface area contributed by atoms with Crippen LogP contribution in [-0.4, -0.2) is 35.6 Å². The summed E-state index contributed by atoms with van der Waals surface area (Å²) in [5.74, 6) is 0.0566. The van der Waals surface area contributed by atoms with Crippen LogP contribution in [0.2, 0.25) is 0 Å². The summed E-state index contributed by atoms with van der Waals surface area (Å²) in [5.41, 5.74) is 0. The van der Waals surface area contributed by atoms with Gasteiger partial charge >= 0.3 is 0 Å². The molecule has 0 unspecified atom stereocenters. The number of nitrogens with zero attached hydrogens (tertiary/aromatic N) is 1. The van der Waals surface area contributed by atoms with E-state index in [0.717, 1.165) is 12.8 Å². The molecule has 0 aliphatic carbocycles. The van der Waals surface area contributed by atoms with E-state index in [-0.39, 0.29) is 11.7 Å². The molecule has 1 aliphatic rings. The van der Waals surface area contributed by atoms with E-state index in [2.05, 4.69) is 0 Å². The predicted octanol–water partition coefficient (Wildman–Crippen LogP) is 0.807. The molecule has 1 rings (SSSR count). The van der Waals surface area contributed by atoms with E-state index in [4.69, 9.17) is 11.6 Å². The lowest BCUT2D eigenvalue weighted by Crippen LogP contribution is -2.28. The molecule has 3 nitrogen and oxygen atoms in total. The number of hydrogen-bond donors (Lipinski definition) is 0. The summed E-state index contributed by atoms with van der Waals surface area (Å²) in [6.07, 6.45) is 2.18. The molecule has 0 aromatic rings. The molecule has 1 saturated heterocycles. The van der Waals surface area contributed by atoms with Crippen molar-refractivity contribution in [3.05, 3.63) is 0 Å². The highest BCUT2D eigenvalue weighted by atomic mass is 35.5. The highest BCUT2D eigenvalue weighted by Gasteiger charge is 2.28. The molecular weight excluding hydrogens is 178 g/mol. The third kappa shape index (κ3) is 2.21. The first-order chi connectivity index (χ1) is 5.75. The highest BCUT2D eigenvalue weighted by Crippen LogP contribution is 2.07. The molecule has 0 radical (unpaired) electrons. The number of ketones is 1. The van der Waals surface area contributed by atoms with Crippen LogP contribution in [0, 0.1) is 0 Å². The number of unbranched alkanes of at least 4 members (excludes halogenated alkanes) is 1. The average molecular weight is 190 g/mol. The lowest BCUT2D eigenvalue weighted by atomic mass is 10.3. The van der Waals surface area contributed by atoms with E-state index < -0.39 is 0 Å². The molecule has 0 aromatic carbocycles. The summed E-state index contributed by atoms with van der Waals surface area (Å²) in [5, 5.41) is 0. The summed E-state index contributed by atoms with van der Waals surface area (Å²) in [6, 6.07) is 0. The molecule has 0 bridgehead atoms. The quantitative estimate of drug-likeness (QED) is 0.373. The Labute approximate surface area is 76.7 Å². The summed E-state index contributed by atoms with van der Waals surface area (Å²) in [7, 11) is 0. The number of rotatable bonds is 4. The van der Waals surface area contributed by atoms with Gasteiger partial charge in [-0.05, 0) is 12.8 Å². The van der Waals surface area contributed by atoms with Crippen LogP contribution in [0.5, 0.6) is 0 Å². The fraction of sp³-hybridized carbons (Fsp3) is 0.750. The van der Waals surface area contributed by atoms with Crippen LogP contribution in [0.4, 0.5) is 0 Å². The Morgan fingerprint density at radius 2 is 2.08 bits per heavy atom. The molecule has 0 atom stereocenters. The number of hydrogen-bond acceptors (Lipinski definition) is 2. The maximum atomic E-state index is 11.0. The maximum Gasteiger partial charge on any atom is 0.290 e. The third-order valence-electron chi connectivity index (χ3n) is 1.95. The van der Waals surface area contributed by atoms with Crippen LogP contribution >= 0.6 is 11.6 Å². The third-order valence-corrected chi connectivity index (χ3v) is 2.21. The van der Waals surface area contributed by atoms with Gasteiger partial charge in [-0.15, -0.1) is 11.6 Å². The van der Waals surface area contributed by atoms with Crippen LogP contribution in [0.25, 0.3) is 0 Å². The van der Waals surface area contributed by atoms with Gasteiger partial charge in [0.25, 0.3) is 5.91 Å². The van der Waals surface area contributed by atoms with Crippen LogP contribution in [0.15, 0.2) is 0 Å². The van der Waals surface area contributed by atoms with Gasteiger partial charge in [0, 0.05) is 25.4 Å². The number of alkyl halides is 1. The van der Waals surface area contributed by atoms with Crippen molar-refractivity contribution in [1.29, 1.82) is 0 Å². The Hall–Kier alpha value is -0.570. The van der Waals surface area contributed by atoms with E-state index in [1.165, 1.54) is 0 Å². The smallest absolute Gasteiger partial charge is 0.290 e. The molecule has 0 saturated carbocycles. The first-order valence-corrected chi connectivity index (χ1v) is 4.67. The van der Waals surface area contributed by atoms with Gasteiger partial charge in [0.05, 0.1) is 0 Å². The van der Waals surface area contributed by atoms with Crippen LogP contribution in [0.1, 0.15) is 19.3 Å². The number of carbonyl (C=O) groups is 2. The van der Waals surface area contributed by atoms with Gasteiger partial charge < -0.3 is 4.90 Å². The molecule has 68 valence electrons. The molecule has 0 aromatic heterocycles. The van der Waals surface area contributed by atoms with Crippen LogP contribution in [-0.2, 0) is 9.59 Å². The molecule has 0 spiro atoms. The standard InChI is InChI=1S/C8H12ClNO2/c9-4-1-2-5-10-6-3-7(11)8(10)12/h1-6H2. The largest absolute Gasteiger partial charge is 0.336 e. The second-order valence-electron chi connectivity index (χ2n) is 2.86. The van der Waals surface area contributed by atoms with Crippen molar-refractivity contribution in [3.63, 3.8) is 0 Å². The zero-order chi connectivity index (χ0) is 8.97. The first-order valence-electron chi connectivity index (χ1n) is 4.14. The van der Waals surface area contributed by atoms with Crippen molar-refractivity contribution in [3.8, 4) is 0 Å². The lowest BCUT2D eigenvalue weighted by molar-refractivity contribution is -0.140. The first kappa shape index (κ1) is 9.52. The average Bonchev–Trinajstić information content (AvgIpc) is 2.36. The van der Waals surface area contributed by atoms with Gasteiger partial charge in [0.2, 0.25) is 5.78 Å². The molecule has 4 heteroatoms.